The summed E-state index contributed by atoms with van der Waals surface area (Å²) in [6.07, 6.45) is 5.20. The summed E-state index contributed by atoms with van der Waals surface area (Å²) in [6.45, 7) is 1.80. The number of nitrogens with one attached hydrogen (secondary N) is 2. The van der Waals surface area contributed by atoms with Crippen molar-refractivity contribution in [1.82, 2.24) is 20.0 Å². The zero-order valence-corrected chi connectivity index (χ0v) is 12.9. The lowest BCUT2D eigenvalue weighted by Crippen LogP contribution is -2.24. The highest BCUT2D eigenvalue weighted by molar-refractivity contribution is 5.92. The van der Waals surface area contributed by atoms with E-state index in [-0.39, 0.29) is 11.9 Å². The number of carbonyl (C=O) groups is 1. The summed E-state index contributed by atoms with van der Waals surface area (Å²) in [5, 5.41) is 14.0. The molecule has 0 aliphatic carbocycles. The topological polar surface area (TPSA) is 75.6 Å². The van der Waals surface area contributed by atoms with E-state index in [9.17, 15) is 4.79 Å². The predicted molar refractivity (Wildman–Crippen MR) is 88.0 cm³/mol. The van der Waals surface area contributed by atoms with E-state index in [1.165, 1.54) is 5.56 Å². The van der Waals surface area contributed by atoms with Crippen molar-refractivity contribution >= 4 is 11.7 Å². The molecular weight excluding hydrogens is 290 g/mol. The van der Waals surface area contributed by atoms with Gasteiger partial charge in [0.25, 0.3) is 0 Å². The van der Waals surface area contributed by atoms with Crippen LogP contribution in [0.4, 0.5) is 5.82 Å². The Morgan fingerprint density at radius 1 is 1.26 bits per heavy atom. The highest BCUT2D eigenvalue weighted by atomic mass is 16.2. The lowest BCUT2D eigenvalue weighted by atomic mass is 10.1. The van der Waals surface area contributed by atoms with Crippen LogP contribution in [0.5, 0.6) is 0 Å². The van der Waals surface area contributed by atoms with Gasteiger partial charge in [0.15, 0.2) is 5.82 Å². The van der Waals surface area contributed by atoms with E-state index in [0.29, 0.717) is 5.82 Å². The zero-order chi connectivity index (χ0) is 16.1. The van der Waals surface area contributed by atoms with Gasteiger partial charge in [-0.05, 0) is 31.4 Å². The number of aromatic nitrogens is 4. The monoisotopic (exact) mass is 309 g/mol. The minimum absolute atomic E-state index is 0.144. The smallest absolute Gasteiger partial charge is 0.250 e. The van der Waals surface area contributed by atoms with Crippen LogP contribution in [-0.2, 0) is 17.6 Å². The Balaban J connectivity index is 1.56. The third kappa shape index (κ3) is 3.85. The fourth-order valence-corrected chi connectivity index (χ4v) is 2.34. The van der Waals surface area contributed by atoms with Gasteiger partial charge in [-0.25, -0.2) is 0 Å². The van der Waals surface area contributed by atoms with Crippen molar-refractivity contribution in [2.75, 3.05) is 5.32 Å². The van der Waals surface area contributed by atoms with E-state index >= 15 is 0 Å². The molecular formula is C17H19N5O. The van der Waals surface area contributed by atoms with Gasteiger partial charge in [0.2, 0.25) is 5.91 Å². The Morgan fingerprint density at radius 2 is 2.09 bits per heavy atom. The minimum atomic E-state index is -0.380. The predicted octanol–water partition coefficient (Wildman–Crippen LogP) is 2.59. The summed E-state index contributed by atoms with van der Waals surface area (Å²) in [5.41, 5.74) is 2.27. The second-order valence-corrected chi connectivity index (χ2v) is 5.42. The summed E-state index contributed by atoms with van der Waals surface area (Å²) >= 11 is 0. The average Bonchev–Trinajstić information content (AvgIpc) is 3.25. The first-order chi connectivity index (χ1) is 11.2. The molecule has 0 unspecified atom stereocenters. The van der Waals surface area contributed by atoms with Crippen molar-refractivity contribution in [2.24, 2.45) is 0 Å². The molecule has 2 heterocycles. The molecule has 0 aliphatic rings. The van der Waals surface area contributed by atoms with Crippen molar-refractivity contribution < 1.29 is 4.79 Å². The van der Waals surface area contributed by atoms with Crippen LogP contribution in [0.25, 0.3) is 0 Å². The Bertz CT molecular complexity index is 748. The first-order valence-corrected chi connectivity index (χ1v) is 7.60. The summed E-state index contributed by atoms with van der Waals surface area (Å²) in [4.78, 5) is 12.2. The molecule has 23 heavy (non-hydrogen) atoms. The molecule has 3 aromatic rings. The molecule has 0 aliphatic heterocycles. The minimum Gasteiger partial charge on any atom is -0.307 e. The van der Waals surface area contributed by atoms with E-state index in [1.54, 1.807) is 30.1 Å². The van der Waals surface area contributed by atoms with Gasteiger partial charge in [-0.15, -0.1) is 0 Å². The van der Waals surface area contributed by atoms with Crippen molar-refractivity contribution in [1.29, 1.82) is 0 Å². The molecule has 0 bridgehead atoms. The molecule has 1 amide bonds. The van der Waals surface area contributed by atoms with E-state index in [0.717, 1.165) is 18.5 Å². The number of anilines is 1. The number of hydrogen-bond acceptors (Lipinski definition) is 3. The SMILES string of the molecule is C[C@H](C(=O)Nc1cc(CCc2ccccc2)[nH]n1)n1cccn1. The van der Waals surface area contributed by atoms with E-state index in [1.807, 2.05) is 24.3 Å². The number of aromatic amines is 1. The first kappa shape index (κ1) is 15.0. The molecule has 0 spiro atoms. The number of carbonyl (C=O) groups excluding carboxylic acids is 1. The van der Waals surface area contributed by atoms with Crippen molar-refractivity contribution in [3.05, 3.63) is 66.1 Å². The van der Waals surface area contributed by atoms with E-state index in [2.05, 4.69) is 32.7 Å². The Labute approximate surface area is 134 Å². The largest absolute Gasteiger partial charge is 0.307 e. The number of nitrogens with zero attached hydrogens (tertiary/aromatic N) is 3. The standard InChI is InChI=1S/C17H19N5O/c1-13(22-11-5-10-18-22)17(23)19-16-12-15(20-21-16)9-8-14-6-3-2-4-7-14/h2-7,10-13H,8-9H2,1H3,(H2,19,20,21,23)/t13-/m1/s1. The Hall–Kier alpha value is -2.89. The quantitative estimate of drug-likeness (QED) is 0.735. The van der Waals surface area contributed by atoms with Crippen LogP contribution in [0.2, 0.25) is 0 Å². The highest BCUT2D eigenvalue weighted by Crippen LogP contribution is 2.12. The second kappa shape index (κ2) is 6.91. The van der Waals surface area contributed by atoms with Crippen LogP contribution < -0.4 is 5.32 Å². The van der Waals surface area contributed by atoms with Crippen LogP contribution in [0.15, 0.2) is 54.9 Å². The maximum atomic E-state index is 12.2. The molecule has 0 saturated heterocycles. The highest BCUT2D eigenvalue weighted by Gasteiger charge is 2.16. The van der Waals surface area contributed by atoms with Crippen molar-refractivity contribution in [2.45, 2.75) is 25.8 Å². The number of H-pyrrole nitrogens is 1. The first-order valence-electron chi connectivity index (χ1n) is 7.60. The molecule has 1 atom stereocenters. The van der Waals surface area contributed by atoms with Crippen LogP contribution in [0, 0.1) is 0 Å². The van der Waals surface area contributed by atoms with Gasteiger partial charge < -0.3 is 5.32 Å². The number of benzene rings is 1. The van der Waals surface area contributed by atoms with Gasteiger partial charge in [0.1, 0.15) is 6.04 Å². The molecule has 0 saturated carbocycles. The normalized spacial score (nSPS) is 12.0. The van der Waals surface area contributed by atoms with Gasteiger partial charge >= 0.3 is 0 Å². The maximum absolute atomic E-state index is 12.2. The molecule has 118 valence electrons. The van der Waals surface area contributed by atoms with Crippen LogP contribution in [0.1, 0.15) is 24.2 Å². The van der Waals surface area contributed by atoms with Gasteiger partial charge in [0, 0.05) is 24.2 Å². The number of hydrogen-bond donors (Lipinski definition) is 2. The maximum Gasteiger partial charge on any atom is 0.250 e. The third-order valence-electron chi connectivity index (χ3n) is 3.71. The van der Waals surface area contributed by atoms with Crippen LogP contribution >= 0.6 is 0 Å². The summed E-state index contributed by atoms with van der Waals surface area (Å²) < 4.78 is 1.61. The average molecular weight is 309 g/mol. The molecule has 6 heteroatoms. The molecule has 2 N–H and O–H groups in total. The number of aryl methyl sites for hydroxylation is 2. The van der Waals surface area contributed by atoms with Crippen molar-refractivity contribution in [3.63, 3.8) is 0 Å². The fraction of sp³-hybridized carbons (Fsp3) is 0.235. The Kier molecular flexibility index (Phi) is 4.52. The van der Waals surface area contributed by atoms with Gasteiger partial charge in [-0.1, -0.05) is 30.3 Å². The third-order valence-corrected chi connectivity index (χ3v) is 3.71. The van der Waals surface area contributed by atoms with Gasteiger partial charge in [0.05, 0.1) is 0 Å². The second-order valence-electron chi connectivity index (χ2n) is 5.42. The number of amides is 1. The lowest BCUT2D eigenvalue weighted by Gasteiger charge is -2.10. The molecule has 6 nitrogen and oxygen atoms in total. The van der Waals surface area contributed by atoms with E-state index < -0.39 is 0 Å². The fourth-order valence-electron chi connectivity index (χ4n) is 2.34. The summed E-state index contributed by atoms with van der Waals surface area (Å²) in [6, 6.07) is 13.6. The number of rotatable bonds is 6. The summed E-state index contributed by atoms with van der Waals surface area (Å²) in [7, 11) is 0. The molecule has 0 fully saturated rings. The summed E-state index contributed by atoms with van der Waals surface area (Å²) in [5.74, 6) is 0.395. The van der Waals surface area contributed by atoms with Gasteiger partial charge in [-0.3, -0.25) is 14.6 Å². The molecule has 1 aromatic carbocycles. The lowest BCUT2D eigenvalue weighted by molar-refractivity contribution is -0.119. The molecule has 0 radical (unpaired) electrons. The van der Waals surface area contributed by atoms with Gasteiger partial charge in [-0.2, -0.15) is 10.2 Å². The van der Waals surface area contributed by atoms with E-state index in [4.69, 9.17) is 0 Å². The Morgan fingerprint density at radius 3 is 2.83 bits per heavy atom. The van der Waals surface area contributed by atoms with Crippen LogP contribution in [0.3, 0.4) is 0 Å². The molecule has 2 aromatic heterocycles. The van der Waals surface area contributed by atoms with Crippen LogP contribution in [-0.4, -0.2) is 25.9 Å². The van der Waals surface area contributed by atoms with Crippen molar-refractivity contribution in [3.8, 4) is 0 Å². The zero-order valence-electron chi connectivity index (χ0n) is 12.9. The molecule has 3 rings (SSSR count).